The molecule has 2 heterocycles. The number of carboxylic acids is 1. The number of hydrogen-bond donors (Lipinski definition) is 1. The van der Waals surface area contributed by atoms with Gasteiger partial charge in [-0.05, 0) is 25.7 Å². The molecule has 1 saturated heterocycles. The van der Waals surface area contributed by atoms with Crippen molar-refractivity contribution in [3.05, 3.63) is 17.6 Å². The molecule has 6 heteroatoms. The first-order chi connectivity index (χ1) is 9.75. The van der Waals surface area contributed by atoms with Crippen molar-refractivity contribution in [2.75, 3.05) is 23.0 Å². The number of nitrogens with zero attached hydrogens (tertiary/aromatic N) is 3. The predicted molar refractivity (Wildman–Crippen MR) is 79.4 cm³/mol. The molecule has 0 radical (unpaired) electrons. The van der Waals surface area contributed by atoms with E-state index in [9.17, 15) is 4.79 Å². The average Bonchev–Trinajstić information content (AvgIpc) is 2.47. The molecule has 0 bridgehead atoms. The van der Waals surface area contributed by atoms with E-state index in [0.717, 1.165) is 42.4 Å². The van der Waals surface area contributed by atoms with Crippen molar-refractivity contribution >= 4 is 23.5 Å². The van der Waals surface area contributed by atoms with Crippen LogP contribution in [0.2, 0.25) is 0 Å². The molecule has 2 aliphatic rings. The minimum absolute atomic E-state index is 0.0483. The Bertz CT molecular complexity index is 509. The first-order valence-electron chi connectivity index (χ1n) is 7.14. The molecule has 1 fully saturated rings. The molecule has 1 aromatic rings. The highest BCUT2D eigenvalue weighted by Gasteiger charge is 2.29. The van der Waals surface area contributed by atoms with E-state index in [1.807, 2.05) is 11.8 Å². The van der Waals surface area contributed by atoms with E-state index in [4.69, 9.17) is 5.11 Å². The molecule has 0 aromatic carbocycles. The second-order valence-electron chi connectivity index (χ2n) is 5.35. The van der Waals surface area contributed by atoms with Gasteiger partial charge in [0.15, 0.2) is 0 Å². The molecule has 0 spiro atoms. The number of carbonyl (C=O) groups is 1. The maximum Gasteiger partial charge on any atom is 0.305 e. The van der Waals surface area contributed by atoms with Gasteiger partial charge in [-0.1, -0.05) is 0 Å². The fourth-order valence-corrected chi connectivity index (χ4v) is 4.12. The predicted octanol–water partition coefficient (Wildman–Crippen LogP) is 1.75. The zero-order valence-electron chi connectivity index (χ0n) is 11.4. The lowest BCUT2D eigenvalue weighted by Crippen LogP contribution is -2.45. The van der Waals surface area contributed by atoms with Crippen LogP contribution in [0.5, 0.6) is 0 Å². The molecular weight excluding hydrogens is 274 g/mol. The van der Waals surface area contributed by atoms with Gasteiger partial charge in [-0.25, -0.2) is 9.97 Å². The SMILES string of the molecule is O=C(O)CC1CSCCN1c1ncnc2c1CCCC2. The van der Waals surface area contributed by atoms with Gasteiger partial charge >= 0.3 is 5.97 Å². The van der Waals surface area contributed by atoms with Crippen LogP contribution in [-0.2, 0) is 17.6 Å². The Morgan fingerprint density at radius 3 is 3.10 bits per heavy atom. The molecule has 1 aromatic heterocycles. The monoisotopic (exact) mass is 293 g/mol. The summed E-state index contributed by atoms with van der Waals surface area (Å²) in [6, 6.07) is 0.0483. The van der Waals surface area contributed by atoms with Crippen molar-refractivity contribution in [3.8, 4) is 0 Å². The molecule has 20 heavy (non-hydrogen) atoms. The Hall–Kier alpha value is -1.30. The van der Waals surface area contributed by atoms with Crippen LogP contribution in [-0.4, -0.2) is 45.1 Å². The summed E-state index contributed by atoms with van der Waals surface area (Å²) in [5, 5.41) is 9.10. The van der Waals surface area contributed by atoms with Crippen LogP contribution < -0.4 is 4.90 Å². The largest absolute Gasteiger partial charge is 0.481 e. The number of rotatable bonds is 3. The van der Waals surface area contributed by atoms with Gasteiger partial charge in [-0.2, -0.15) is 11.8 Å². The highest BCUT2D eigenvalue weighted by molar-refractivity contribution is 7.99. The molecule has 1 aliphatic carbocycles. The molecule has 0 amide bonds. The van der Waals surface area contributed by atoms with Crippen LogP contribution in [0.4, 0.5) is 5.82 Å². The van der Waals surface area contributed by atoms with Crippen molar-refractivity contribution < 1.29 is 9.90 Å². The molecule has 1 unspecified atom stereocenters. The average molecular weight is 293 g/mol. The van der Waals surface area contributed by atoms with E-state index in [1.165, 1.54) is 18.4 Å². The standard InChI is InChI=1S/C14H19N3O2S/c18-13(19)7-10-8-20-6-5-17(10)14-11-3-1-2-4-12(11)15-9-16-14/h9-10H,1-8H2,(H,18,19). The smallest absolute Gasteiger partial charge is 0.305 e. The Kier molecular flexibility index (Phi) is 4.10. The molecule has 1 aliphatic heterocycles. The van der Waals surface area contributed by atoms with Crippen molar-refractivity contribution in [2.45, 2.75) is 38.1 Å². The maximum absolute atomic E-state index is 11.1. The normalized spacial score (nSPS) is 22.4. The Morgan fingerprint density at radius 1 is 1.40 bits per heavy atom. The second-order valence-corrected chi connectivity index (χ2v) is 6.50. The van der Waals surface area contributed by atoms with Crippen molar-refractivity contribution in [1.29, 1.82) is 0 Å². The summed E-state index contributed by atoms with van der Waals surface area (Å²) in [5.41, 5.74) is 2.41. The zero-order chi connectivity index (χ0) is 13.9. The summed E-state index contributed by atoms with van der Waals surface area (Å²) in [6.07, 6.45) is 6.24. The van der Waals surface area contributed by atoms with Crippen LogP contribution in [0.25, 0.3) is 0 Å². The van der Waals surface area contributed by atoms with Gasteiger partial charge in [0.05, 0.1) is 6.42 Å². The zero-order valence-corrected chi connectivity index (χ0v) is 12.2. The highest BCUT2D eigenvalue weighted by atomic mass is 32.2. The van der Waals surface area contributed by atoms with E-state index in [2.05, 4.69) is 14.9 Å². The Morgan fingerprint density at radius 2 is 2.25 bits per heavy atom. The summed E-state index contributed by atoms with van der Waals surface area (Å²) in [7, 11) is 0. The lowest BCUT2D eigenvalue weighted by Gasteiger charge is -2.37. The number of hydrogen-bond acceptors (Lipinski definition) is 5. The van der Waals surface area contributed by atoms with Crippen LogP contribution in [0.15, 0.2) is 6.33 Å². The number of aliphatic carboxylic acids is 1. The van der Waals surface area contributed by atoms with Crippen molar-refractivity contribution in [2.24, 2.45) is 0 Å². The van der Waals surface area contributed by atoms with E-state index in [1.54, 1.807) is 6.33 Å². The van der Waals surface area contributed by atoms with Gasteiger partial charge in [0.2, 0.25) is 0 Å². The summed E-state index contributed by atoms with van der Waals surface area (Å²) in [6.45, 7) is 0.881. The molecule has 0 saturated carbocycles. The van der Waals surface area contributed by atoms with Crippen molar-refractivity contribution in [1.82, 2.24) is 9.97 Å². The van der Waals surface area contributed by atoms with Gasteiger partial charge in [0.1, 0.15) is 12.1 Å². The van der Waals surface area contributed by atoms with Gasteiger partial charge < -0.3 is 10.0 Å². The third-order valence-electron chi connectivity index (χ3n) is 4.01. The highest BCUT2D eigenvalue weighted by Crippen LogP contribution is 2.31. The number of anilines is 1. The van der Waals surface area contributed by atoms with Crippen LogP contribution in [0.1, 0.15) is 30.5 Å². The molecule has 108 valence electrons. The number of thioether (sulfide) groups is 1. The fraction of sp³-hybridized carbons (Fsp3) is 0.643. The van der Waals surface area contributed by atoms with Crippen LogP contribution >= 0.6 is 11.8 Å². The van der Waals surface area contributed by atoms with E-state index in [-0.39, 0.29) is 12.5 Å². The molecule has 1 atom stereocenters. The third kappa shape index (κ3) is 2.75. The summed E-state index contributed by atoms with van der Waals surface area (Å²) >= 11 is 1.83. The number of aromatic nitrogens is 2. The topological polar surface area (TPSA) is 66.3 Å². The number of fused-ring (bicyclic) bond motifs is 1. The first kappa shape index (κ1) is 13.7. The quantitative estimate of drug-likeness (QED) is 0.916. The summed E-state index contributed by atoms with van der Waals surface area (Å²) in [5.74, 6) is 2.16. The number of carboxylic acid groups (broad SMARTS) is 1. The molecular formula is C14H19N3O2S. The number of aryl methyl sites for hydroxylation is 1. The molecule has 1 N–H and O–H groups in total. The summed E-state index contributed by atoms with van der Waals surface area (Å²) < 4.78 is 0. The van der Waals surface area contributed by atoms with Gasteiger partial charge in [0, 0.05) is 35.3 Å². The van der Waals surface area contributed by atoms with Gasteiger partial charge in [-0.15, -0.1) is 0 Å². The lowest BCUT2D eigenvalue weighted by atomic mass is 9.96. The minimum atomic E-state index is -0.731. The maximum atomic E-state index is 11.1. The van der Waals surface area contributed by atoms with Gasteiger partial charge in [0.25, 0.3) is 0 Å². The minimum Gasteiger partial charge on any atom is -0.481 e. The van der Waals surface area contributed by atoms with E-state index in [0.29, 0.717) is 0 Å². The lowest BCUT2D eigenvalue weighted by molar-refractivity contribution is -0.137. The van der Waals surface area contributed by atoms with E-state index < -0.39 is 5.97 Å². The Balaban J connectivity index is 1.91. The van der Waals surface area contributed by atoms with E-state index >= 15 is 0 Å². The third-order valence-corrected chi connectivity index (χ3v) is 5.10. The van der Waals surface area contributed by atoms with Crippen LogP contribution in [0, 0.1) is 0 Å². The van der Waals surface area contributed by atoms with Crippen LogP contribution in [0.3, 0.4) is 0 Å². The molecule has 5 nitrogen and oxygen atoms in total. The Labute approximate surface area is 122 Å². The summed E-state index contributed by atoms with van der Waals surface area (Å²) in [4.78, 5) is 22.2. The second kappa shape index (κ2) is 5.99. The van der Waals surface area contributed by atoms with Crippen molar-refractivity contribution in [3.63, 3.8) is 0 Å². The van der Waals surface area contributed by atoms with Gasteiger partial charge in [-0.3, -0.25) is 4.79 Å². The molecule has 3 rings (SSSR count). The first-order valence-corrected chi connectivity index (χ1v) is 8.30. The fourth-order valence-electron chi connectivity index (χ4n) is 3.06.